The van der Waals surface area contributed by atoms with E-state index in [9.17, 15) is 4.79 Å². The molecule has 3 aromatic heterocycles. The minimum absolute atomic E-state index is 0.305. The van der Waals surface area contributed by atoms with Crippen molar-refractivity contribution in [3.63, 3.8) is 0 Å². The van der Waals surface area contributed by atoms with Gasteiger partial charge in [0.15, 0.2) is 11.8 Å². The highest BCUT2D eigenvalue weighted by Gasteiger charge is 2.18. The molecule has 1 amide bonds. The summed E-state index contributed by atoms with van der Waals surface area (Å²) in [6.45, 7) is 2.06. The van der Waals surface area contributed by atoms with Crippen LogP contribution in [-0.4, -0.2) is 27.7 Å². The summed E-state index contributed by atoms with van der Waals surface area (Å²) >= 11 is 0. The first-order valence-corrected chi connectivity index (χ1v) is 7.66. The van der Waals surface area contributed by atoms with E-state index in [1.54, 1.807) is 13.3 Å². The lowest BCUT2D eigenvalue weighted by molar-refractivity contribution is -0.347. The number of carbonyl (C=O) groups excluding carboxylic acids is 1. The molecule has 1 aromatic carbocycles. The van der Waals surface area contributed by atoms with Gasteiger partial charge in [0.2, 0.25) is 5.82 Å². The second-order valence-corrected chi connectivity index (χ2v) is 5.33. The van der Waals surface area contributed by atoms with E-state index in [1.807, 2.05) is 30.3 Å². The van der Waals surface area contributed by atoms with Gasteiger partial charge >= 0.3 is 11.7 Å². The van der Waals surface area contributed by atoms with Gasteiger partial charge < -0.3 is 9.72 Å². The highest BCUT2D eigenvalue weighted by atomic mass is 16.5. The number of benzene rings is 1. The summed E-state index contributed by atoms with van der Waals surface area (Å²) in [7, 11) is 0. The van der Waals surface area contributed by atoms with Gasteiger partial charge in [-0.15, -0.1) is 0 Å². The van der Waals surface area contributed by atoms with Crippen LogP contribution in [0.1, 0.15) is 6.92 Å². The largest absolute Gasteiger partial charge is 0.450 e. The Hall–Kier alpha value is -3.35. The first kappa shape index (κ1) is 14.3. The zero-order valence-corrected chi connectivity index (χ0v) is 13.0. The number of imidazole rings is 1. The zero-order chi connectivity index (χ0) is 16.5. The quantitative estimate of drug-likeness (QED) is 0.540. The van der Waals surface area contributed by atoms with Crippen molar-refractivity contribution in [1.29, 1.82) is 0 Å². The maximum absolute atomic E-state index is 11.7. The molecule has 0 radical (unpaired) electrons. The Morgan fingerprint density at radius 1 is 1.33 bits per heavy atom. The molecular weight excluding hydrogens is 306 g/mol. The molecular formula is C17H16N5O2+. The molecule has 0 aliphatic heterocycles. The molecule has 0 saturated heterocycles. The standard InChI is InChI=1S/C17H15N5O2/c1-2-24-17(23)22-14-8-11(15-16(21-14)19-9-18-15)13-7-10-5-3-4-6-12(10)20-13/h3-9,20H,2H2,1H3,(H2,18,19,21,22,23)/p+1. The maximum Gasteiger partial charge on any atom is 0.413 e. The van der Waals surface area contributed by atoms with Crippen LogP contribution in [0.5, 0.6) is 0 Å². The Balaban J connectivity index is 1.83. The number of nitrogens with one attached hydrogen (secondary N) is 4. The molecule has 0 atom stereocenters. The molecule has 0 spiro atoms. The molecule has 0 aliphatic carbocycles. The SMILES string of the molecule is CCOC(=O)Nc1cc(-c2cc3ccccc3[nH]2)c2[nH]c[nH+]c2n1. The second kappa shape index (κ2) is 5.69. The van der Waals surface area contributed by atoms with Crippen LogP contribution >= 0.6 is 0 Å². The van der Waals surface area contributed by atoms with E-state index >= 15 is 0 Å². The van der Waals surface area contributed by atoms with E-state index < -0.39 is 6.09 Å². The van der Waals surface area contributed by atoms with Crippen LogP contribution < -0.4 is 10.3 Å². The lowest BCUT2D eigenvalue weighted by Crippen LogP contribution is -2.15. The lowest BCUT2D eigenvalue weighted by atomic mass is 10.1. The van der Waals surface area contributed by atoms with Crippen LogP contribution in [0, 0.1) is 0 Å². The maximum atomic E-state index is 11.7. The van der Waals surface area contributed by atoms with E-state index in [0.29, 0.717) is 18.1 Å². The monoisotopic (exact) mass is 322 g/mol. The smallest absolute Gasteiger partial charge is 0.413 e. The van der Waals surface area contributed by atoms with Crippen molar-refractivity contribution in [2.75, 3.05) is 11.9 Å². The van der Waals surface area contributed by atoms with Crippen molar-refractivity contribution in [3.8, 4) is 11.3 Å². The Morgan fingerprint density at radius 2 is 2.21 bits per heavy atom. The van der Waals surface area contributed by atoms with Gasteiger partial charge in [-0.25, -0.2) is 9.78 Å². The summed E-state index contributed by atoms with van der Waals surface area (Å²) in [5, 5.41) is 3.77. The molecule has 4 N–H and O–H groups in total. The number of aromatic nitrogens is 4. The third-order valence-electron chi connectivity index (χ3n) is 3.77. The molecule has 0 unspecified atom stereocenters. The Morgan fingerprint density at radius 3 is 3.04 bits per heavy atom. The minimum Gasteiger partial charge on any atom is -0.450 e. The van der Waals surface area contributed by atoms with Crippen molar-refractivity contribution in [2.45, 2.75) is 6.92 Å². The molecule has 7 heteroatoms. The van der Waals surface area contributed by atoms with Crippen LogP contribution in [0.25, 0.3) is 33.3 Å². The number of ether oxygens (including phenoxy) is 1. The first-order chi connectivity index (χ1) is 11.7. The number of nitrogens with zero attached hydrogens (tertiary/aromatic N) is 1. The van der Waals surface area contributed by atoms with Gasteiger partial charge in [0.1, 0.15) is 0 Å². The Kier molecular flexibility index (Phi) is 3.38. The number of carbonyl (C=O) groups is 1. The predicted octanol–water partition coefficient (Wildman–Crippen LogP) is 3.09. The number of rotatable bonds is 3. The van der Waals surface area contributed by atoms with Gasteiger partial charge in [0, 0.05) is 22.5 Å². The predicted molar refractivity (Wildman–Crippen MR) is 90.6 cm³/mol. The van der Waals surface area contributed by atoms with Crippen LogP contribution in [-0.2, 0) is 4.74 Å². The molecule has 120 valence electrons. The van der Waals surface area contributed by atoms with Gasteiger partial charge in [-0.1, -0.05) is 23.2 Å². The van der Waals surface area contributed by atoms with Crippen molar-refractivity contribution in [1.82, 2.24) is 15.0 Å². The highest BCUT2D eigenvalue weighted by Crippen LogP contribution is 2.29. The minimum atomic E-state index is -0.525. The number of anilines is 1. The fraction of sp³-hybridized carbons (Fsp3) is 0.118. The summed E-state index contributed by atoms with van der Waals surface area (Å²) in [6, 6.07) is 11.9. The molecule has 4 rings (SSSR count). The summed E-state index contributed by atoms with van der Waals surface area (Å²) in [5.74, 6) is 0.422. The fourth-order valence-corrected chi connectivity index (χ4v) is 2.74. The van der Waals surface area contributed by atoms with Gasteiger partial charge in [-0.2, -0.15) is 0 Å². The number of hydrogen-bond donors (Lipinski definition) is 3. The van der Waals surface area contributed by atoms with Crippen molar-refractivity contribution < 1.29 is 14.5 Å². The van der Waals surface area contributed by atoms with E-state index in [-0.39, 0.29) is 0 Å². The summed E-state index contributed by atoms with van der Waals surface area (Å²) in [6.07, 6.45) is 1.18. The fourth-order valence-electron chi connectivity index (χ4n) is 2.74. The molecule has 0 aliphatic rings. The average molecular weight is 322 g/mol. The Labute approximate surface area is 137 Å². The molecule has 0 fully saturated rings. The number of hydrogen-bond acceptors (Lipinski definition) is 3. The second-order valence-electron chi connectivity index (χ2n) is 5.33. The highest BCUT2D eigenvalue weighted by molar-refractivity contribution is 5.95. The van der Waals surface area contributed by atoms with Crippen LogP contribution in [0.3, 0.4) is 0 Å². The molecule has 0 saturated carbocycles. The van der Waals surface area contributed by atoms with Crippen LogP contribution in [0.4, 0.5) is 10.6 Å². The van der Waals surface area contributed by atoms with Crippen LogP contribution in [0.15, 0.2) is 42.7 Å². The van der Waals surface area contributed by atoms with Crippen molar-refractivity contribution in [3.05, 3.63) is 42.7 Å². The third kappa shape index (κ3) is 2.45. The van der Waals surface area contributed by atoms with Crippen molar-refractivity contribution >= 4 is 34.0 Å². The zero-order valence-electron chi connectivity index (χ0n) is 13.0. The van der Waals surface area contributed by atoms with Gasteiger partial charge in [-0.3, -0.25) is 10.3 Å². The number of aromatic amines is 3. The summed E-state index contributed by atoms with van der Waals surface area (Å²) in [5.41, 5.74) is 4.40. The van der Waals surface area contributed by atoms with E-state index in [1.165, 1.54) is 0 Å². The number of fused-ring (bicyclic) bond motifs is 2. The number of amides is 1. The molecule has 0 bridgehead atoms. The van der Waals surface area contributed by atoms with Crippen molar-refractivity contribution in [2.24, 2.45) is 0 Å². The Bertz CT molecular complexity index is 1000. The molecule has 7 nitrogen and oxygen atoms in total. The first-order valence-electron chi connectivity index (χ1n) is 7.66. The number of H-pyrrole nitrogens is 3. The molecule has 4 aromatic rings. The van der Waals surface area contributed by atoms with Gasteiger partial charge in [0.25, 0.3) is 0 Å². The van der Waals surface area contributed by atoms with E-state index in [0.717, 1.165) is 27.7 Å². The number of pyridine rings is 1. The topological polar surface area (TPSA) is 96.9 Å². The van der Waals surface area contributed by atoms with Gasteiger partial charge in [0.05, 0.1) is 12.3 Å². The van der Waals surface area contributed by atoms with E-state index in [2.05, 4.69) is 31.3 Å². The van der Waals surface area contributed by atoms with Gasteiger partial charge in [-0.05, 0) is 19.1 Å². The average Bonchev–Trinajstić information content (AvgIpc) is 3.20. The lowest BCUT2D eigenvalue weighted by Gasteiger charge is -2.03. The number of para-hydroxylation sites is 1. The molecule has 3 heterocycles. The normalized spacial score (nSPS) is 11.0. The molecule has 24 heavy (non-hydrogen) atoms. The third-order valence-corrected chi connectivity index (χ3v) is 3.77. The summed E-state index contributed by atoms with van der Waals surface area (Å²) < 4.78 is 4.92. The van der Waals surface area contributed by atoms with E-state index in [4.69, 9.17) is 4.74 Å². The summed E-state index contributed by atoms with van der Waals surface area (Å²) in [4.78, 5) is 25.6. The van der Waals surface area contributed by atoms with Crippen LogP contribution in [0.2, 0.25) is 0 Å².